The molecule has 16 heavy (non-hydrogen) atoms. The van der Waals surface area contributed by atoms with Crippen molar-refractivity contribution in [3.05, 3.63) is 48.4 Å². The minimum atomic E-state index is 0. The predicted molar refractivity (Wildman–Crippen MR) is 67.4 cm³/mol. The lowest BCUT2D eigenvalue weighted by molar-refractivity contribution is 0.678. The van der Waals surface area contributed by atoms with Crippen molar-refractivity contribution in [3.63, 3.8) is 0 Å². The Hall–Kier alpha value is -1.32. The molecule has 0 aliphatic heterocycles. The molecular formula is C12H14ClFN2. The van der Waals surface area contributed by atoms with Gasteiger partial charge in [0.15, 0.2) is 0 Å². The third-order valence-corrected chi connectivity index (χ3v) is 2.47. The number of para-hydroxylation sites is 1. The topological polar surface area (TPSA) is 30.9 Å². The van der Waals surface area contributed by atoms with E-state index >= 15 is 0 Å². The normalized spacial score (nSPS) is 11.5. The Morgan fingerprint density at radius 3 is 2.75 bits per heavy atom. The van der Waals surface area contributed by atoms with Gasteiger partial charge in [0.05, 0.1) is 6.33 Å². The second-order valence-electron chi connectivity index (χ2n) is 3.47. The van der Waals surface area contributed by atoms with Gasteiger partial charge in [-0.05, 0) is 23.1 Å². The molecule has 0 saturated heterocycles. The third kappa shape index (κ3) is 2.43. The molecule has 0 saturated carbocycles. The van der Waals surface area contributed by atoms with Gasteiger partial charge in [-0.25, -0.2) is 4.39 Å². The Morgan fingerprint density at radius 1 is 1.31 bits per heavy atom. The number of hydrogen-bond donors (Lipinski definition) is 1. The fourth-order valence-electron chi connectivity index (χ4n) is 1.64. The van der Waals surface area contributed by atoms with Gasteiger partial charge in [-0.3, -0.25) is 0 Å². The summed E-state index contributed by atoms with van der Waals surface area (Å²) in [6, 6.07) is 10.0. The highest BCUT2D eigenvalue weighted by Gasteiger charge is 2.01. The molecular weight excluding hydrogens is 227 g/mol. The van der Waals surface area contributed by atoms with Crippen LogP contribution in [-0.4, -0.2) is 11.1 Å². The van der Waals surface area contributed by atoms with Crippen LogP contribution in [0.3, 0.4) is 0 Å². The van der Waals surface area contributed by atoms with Crippen molar-refractivity contribution in [3.8, 4) is 0 Å². The molecule has 1 aromatic heterocycles. The summed E-state index contributed by atoms with van der Waals surface area (Å²) < 4.78 is 14.4. The van der Waals surface area contributed by atoms with Crippen LogP contribution in [0.25, 0.3) is 10.9 Å². The Morgan fingerprint density at radius 2 is 2.06 bits per heavy atom. The molecule has 0 bridgehead atoms. The van der Waals surface area contributed by atoms with E-state index in [2.05, 4.69) is 0 Å². The summed E-state index contributed by atoms with van der Waals surface area (Å²) in [5, 5.41) is 1.16. The predicted octanol–water partition coefficient (Wildman–Crippen LogP) is 2.88. The van der Waals surface area contributed by atoms with Gasteiger partial charge in [-0.1, -0.05) is 18.2 Å². The van der Waals surface area contributed by atoms with Crippen molar-refractivity contribution in [1.29, 1.82) is 0 Å². The van der Waals surface area contributed by atoms with Crippen LogP contribution in [0.5, 0.6) is 0 Å². The first kappa shape index (κ1) is 12.7. The molecule has 0 aliphatic rings. The van der Waals surface area contributed by atoms with Crippen LogP contribution >= 0.6 is 12.4 Å². The molecule has 0 amide bonds. The number of nitrogens with zero attached hydrogens (tertiary/aromatic N) is 1. The molecule has 2 nitrogen and oxygen atoms in total. The fourth-order valence-corrected chi connectivity index (χ4v) is 1.64. The number of nitrogens with two attached hydrogens (primary N) is 1. The highest BCUT2D eigenvalue weighted by atomic mass is 35.5. The lowest BCUT2D eigenvalue weighted by atomic mass is 10.2. The van der Waals surface area contributed by atoms with E-state index in [0.717, 1.165) is 10.9 Å². The maximum absolute atomic E-state index is 12.4. The van der Waals surface area contributed by atoms with Crippen molar-refractivity contribution >= 4 is 23.3 Å². The lowest BCUT2D eigenvalue weighted by Crippen LogP contribution is -2.09. The molecule has 2 aromatic rings. The van der Waals surface area contributed by atoms with E-state index in [1.165, 1.54) is 0 Å². The van der Waals surface area contributed by atoms with Crippen LogP contribution in [0.15, 0.2) is 48.4 Å². The number of halogens is 2. The summed E-state index contributed by atoms with van der Waals surface area (Å²) >= 11 is 0. The molecule has 0 unspecified atom stereocenters. The van der Waals surface area contributed by atoms with Crippen molar-refractivity contribution in [2.45, 2.75) is 6.54 Å². The largest absolute Gasteiger partial charge is 0.343 e. The molecule has 2 N–H and O–H groups in total. The van der Waals surface area contributed by atoms with Gasteiger partial charge < -0.3 is 10.3 Å². The Kier molecular flexibility index (Phi) is 4.52. The van der Waals surface area contributed by atoms with Gasteiger partial charge in [-0.15, -0.1) is 12.4 Å². The van der Waals surface area contributed by atoms with E-state index in [1.54, 1.807) is 0 Å². The van der Waals surface area contributed by atoms with E-state index < -0.39 is 0 Å². The Bertz CT molecular complexity index is 490. The number of fused-ring (bicyclic) bond motifs is 1. The van der Waals surface area contributed by atoms with E-state index in [4.69, 9.17) is 5.73 Å². The van der Waals surface area contributed by atoms with Gasteiger partial charge in [0, 0.05) is 24.8 Å². The number of benzene rings is 1. The first-order valence-corrected chi connectivity index (χ1v) is 4.87. The molecule has 1 aromatic carbocycles. The monoisotopic (exact) mass is 240 g/mol. The summed E-state index contributed by atoms with van der Waals surface area (Å²) in [5.74, 6) is 0. The van der Waals surface area contributed by atoms with Gasteiger partial charge in [-0.2, -0.15) is 0 Å². The summed E-state index contributed by atoms with van der Waals surface area (Å²) in [5.41, 5.74) is 7.12. The molecule has 0 radical (unpaired) electrons. The highest BCUT2D eigenvalue weighted by molar-refractivity contribution is 5.85. The van der Waals surface area contributed by atoms with Gasteiger partial charge in [0.2, 0.25) is 0 Å². The number of aromatic nitrogens is 1. The molecule has 0 atom stereocenters. The van der Waals surface area contributed by atoms with Crippen LogP contribution < -0.4 is 5.73 Å². The summed E-state index contributed by atoms with van der Waals surface area (Å²) in [6.07, 6.45) is 2.54. The van der Waals surface area contributed by atoms with Crippen LogP contribution in [-0.2, 0) is 6.54 Å². The average Bonchev–Trinajstić information content (AvgIpc) is 2.69. The zero-order valence-electron chi connectivity index (χ0n) is 8.77. The smallest absolute Gasteiger partial charge is 0.0889 e. The van der Waals surface area contributed by atoms with Crippen molar-refractivity contribution in [2.75, 3.05) is 6.54 Å². The SMILES string of the molecule is Cl.NC/C(=C\F)Cn1ccc2ccccc21. The van der Waals surface area contributed by atoms with Crippen molar-refractivity contribution in [1.82, 2.24) is 4.57 Å². The number of hydrogen-bond acceptors (Lipinski definition) is 1. The Labute approximate surface area is 100.0 Å². The van der Waals surface area contributed by atoms with Crippen molar-refractivity contribution < 1.29 is 4.39 Å². The fraction of sp³-hybridized carbons (Fsp3) is 0.167. The average molecular weight is 241 g/mol. The molecule has 86 valence electrons. The second-order valence-corrected chi connectivity index (χ2v) is 3.47. The van der Waals surface area contributed by atoms with E-state index in [9.17, 15) is 4.39 Å². The summed E-state index contributed by atoms with van der Waals surface area (Å²) in [4.78, 5) is 0. The molecule has 0 aliphatic carbocycles. The molecule has 0 fully saturated rings. The minimum absolute atomic E-state index is 0. The standard InChI is InChI=1S/C12H13FN2.ClH/c13-7-10(8-14)9-15-6-5-11-3-1-2-4-12(11)15;/h1-7H,8-9,14H2;1H/b10-7+;. The lowest BCUT2D eigenvalue weighted by Gasteiger charge is -2.06. The molecule has 1 heterocycles. The zero-order valence-corrected chi connectivity index (χ0v) is 9.58. The van der Waals surface area contributed by atoms with Crippen LogP contribution in [0.2, 0.25) is 0 Å². The van der Waals surface area contributed by atoms with Gasteiger partial charge >= 0.3 is 0 Å². The third-order valence-electron chi connectivity index (χ3n) is 2.47. The van der Waals surface area contributed by atoms with E-state index in [0.29, 0.717) is 18.4 Å². The quantitative estimate of drug-likeness (QED) is 0.879. The van der Waals surface area contributed by atoms with Crippen LogP contribution in [0.4, 0.5) is 4.39 Å². The maximum atomic E-state index is 12.4. The van der Waals surface area contributed by atoms with Crippen molar-refractivity contribution in [2.24, 2.45) is 5.73 Å². The summed E-state index contributed by atoms with van der Waals surface area (Å²) in [6.45, 7) is 0.767. The Balaban J connectivity index is 0.00000128. The van der Waals surface area contributed by atoms with Gasteiger partial charge in [0.25, 0.3) is 0 Å². The molecule has 0 spiro atoms. The first-order chi connectivity index (χ1) is 7.35. The van der Waals surface area contributed by atoms with Crippen LogP contribution in [0, 0.1) is 0 Å². The number of rotatable bonds is 3. The second kappa shape index (κ2) is 5.68. The van der Waals surface area contributed by atoms with Gasteiger partial charge in [0.1, 0.15) is 0 Å². The molecule has 2 rings (SSSR count). The minimum Gasteiger partial charge on any atom is -0.343 e. The summed E-state index contributed by atoms with van der Waals surface area (Å²) in [7, 11) is 0. The highest BCUT2D eigenvalue weighted by Crippen LogP contribution is 2.16. The van der Waals surface area contributed by atoms with Crippen LogP contribution in [0.1, 0.15) is 0 Å². The maximum Gasteiger partial charge on any atom is 0.0889 e. The first-order valence-electron chi connectivity index (χ1n) is 4.87. The van der Waals surface area contributed by atoms with E-state index in [1.807, 2.05) is 41.1 Å². The molecule has 4 heteroatoms. The van der Waals surface area contributed by atoms with E-state index in [-0.39, 0.29) is 19.0 Å². The zero-order chi connectivity index (χ0) is 10.7.